The smallest absolute Gasteiger partial charge is 0.326 e. The highest BCUT2D eigenvalue weighted by molar-refractivity contribution is 7.10. The predicted octanol–water partition coefficient (Wildman–Crippen LogP) is 2.21. The van der Waals surface area contributed by atoms with Crippen molar-refractivity contribution in [1.29, 1.82) is 0 Å². The second-order valence-electron chi connectivity index (χ2n) is 6.82. The van der Waals surface area contributed by atoms with Gasteiger partial charge in [-0.2, -0.15) is 0 Å². The van der Waals surface area contributed by atoms with Crippen LogP contribution >= 0.6 is 11.3 Å². The van der Waals surface area contributed by atoms with Gasteiger partial charge in [0, 0.05) is 11.4 Å². The van der Waals surface area contributed by atoms with Gasteiger partial charge in [-0.25, -0.2) is 0 Å². The molecule has 6 nitrogen and oxygen atoms in total. The molecule has 1 aromatic heterocycles. The molecule has 0 aliphatic carbocycles. The normalized spacial score (nSPS) is 24.2. The lowest BCUT2D eigenvalue weighted by Crippen LogP contribution is -2.52. The molecule has 0 radical (unpaired) electrons. The molecule has 0 unspecified atom stereocenters. The number of likely N-dealkylation sites (tertiary alicyclic amines) is 1. The first-order valence-corrected chi connectivity index (χ1v) is 8.57. The lowest BCUT2D eigenvalue weighted by atomic mass is 9.93. The lowest BCUT2D eigenvalue weighted by molar-refractivity contribution is -0.163. The summed E-state index contributed by atoms with van der Waals surface area (Å²) in [6.45, 7) is 5.95. The van der Waals surface area contributed by atoms with Crippen LogP contribution in [0.5, 0.6) is 0 Å². The first-order chi connectivity index (χ1) is 10.7. The minimum atomic E-state index is -0.918. The number of nitrogens with two attached hydrogens (primary N) is 1. The Balaban J connectivity index is 2.06. The maximum atomic E-state index is 12.2. The number of aliphatic carboxylic acids is 1. The summed E-state index contributed by atoms with van der Waals surface area (Å²) in [5, 5.41) is 11.4. The number of ether oxygens (including phenoxy) is 1. The van der Waals surface area contributed by atoms with Crippen LogP contribution in [-0.2, 0) is 14.3 Å². The topological polar surface area (TPSA) is 92.9 Å². The molecule has 3 atom stereocenters. The number of carboxylic acids is 1. The van der Waals surface area contributed by atoms with Gasteiger partial charge in [-0.05, 0) is 45.1 Å². The Morgan fingerprint density at radius 1 is 1.48 bits per heavy atom. The maximum absolute atomic E-state index is 12.2. The SMILES string of the molecule is CC(C)(C)OC(=O)[C@@H]1CCN([C@H](C(=O)O)c2cccs2)[C@H](N)C1. The van der Waals surface area contributed by atoms with Crippen LogP contribution < -0.4 is 5.73 Å². The van der Waals surface area contributed by atoms with E-state index in [-0.39, 0.29) is 11.9 Å². The van der Waals surface area contributed by atoms with E-state index in [4.69, 9.17) is 10.5 Å². The van der Waals surface area contributed by atoms with Crippen LogP contribution in [0, 0.1) is 5.92 Å². The van der Waals surface area contributed by atoms with Gasteiger partial charge in [-0.15, -0.1) is 11.3 Å². The Hall–Kier alpha value is -1.44. The Kier molecular flexibility index (Phi) is 5.44. The third kappa shape index (κ3) is 4.53. The second kappa shape index (κ2) is 6.98. The molecule has 2 rings (SSSR count). The Labute approximate surface area is 140 Å². The van der Waals surface area contributed by atoms with Crippen molar-refractivity contribution < 1.29 is 19.4 Å². The summed E-state index contributed by atoms with van der Waals surface area (Å²) in [5.74, 6) is -1.45. The van der Waals surface area contributed by atoms with E-state index in [0.717, 1.165) is 4.88 Å². The molecule has 1 saturated heterocycles. The average molecular weight is 340 g/mol. The van der Waals surface area contributed by atoms with Gasteiger partial charge >= 0.3 is 11.9 Å². The van der Waals surface area contributed by atoms with Gasteiger partial charge in [0.1, 0.15) is 11.6 Å². The van der Waals surface area contributed by atoms with Gasteiger partial charge in [0.05, 0.1) is 12.1 Å². The van der Waals surface area contributed by atoms with E-state index < -0.39 is 23.8 Å². The molecule has 7 heteroatoms. The van der Waals surface area contributed by atoms with Crippen molar-refractivity contribution in [3.63, 3.8) is 0 Å². The highest BCUT2D eigenvalue weighted by Gasteiger charge is 2.39. The standard InChI is InChI=1S/C16H24N2O4S/c1-16(2,3)22-15(21)10-6-7-18(12(17)9-10)13(14(19)20)11-5-4-8-23-11/h4-5,8,10,12-13H,6-7,9,17H2,1-3H3,(H,19,20)/t10-,12+,13+/m1/s1. The van der Waals surface area contributed by atoms with E-state index in [9.17, 15) is 14.7 Å². The Morgan fingerprint density at radius 3 is 2.65 bits per heavy atom. The molecule has 2 heterocycles. The number of carboxylic acid groups (broad SMARTS) is 1. The van der Waals surface area contributed by atoms with Crippen molar-refractivity contribution in [1.82, 2.24) is 4.90 Å². The molecule has 1 aromatic rings. The van der Waals surface area contributed by atoms with Crippen LogP contribution in [0.1, 0.15) is 44.5 Å². The molecule has 0 aromatic carbocycles. The maximum Gasteiger partial charge on any atom is 0.326 e. The van der Waals surface area contributed by atoms with E-state index in [0.29, 0.717) is 19.4 Å². The second-order valence-corrected chi connectivity index (χ2v) is 7.80. The highest BCUT2D eigenvalue weighted by atomic mass is 32.1. The zero-order chi connectivity index (χ0) is 17.2. The first-order valence-electron chi connectivity index (χ1n) is 7.69. The lowest BCUT2D eigenvalue weighted by Gasteiger charge is -2.39. The van der Waals surface area contributed by atoms with E-state index in [1.807, 2.05) is 32.2 Å². The molecule has 1 fully saturated rings. The third-order valence-corrected chi connectivity index (χ3v) is 4.73. The van der Waals surface area contributed by atoms with Crippen molar-refractivity contribution in [3.8, 4) is 0 Å². The fraction of sp³-hybridized carbons (Fsp3) is 0.625. The Morgan fingerprint density at radius 2 is 2.17 bits per heavy atom. The van der Waals surface area contributed by atoms with Crippen LogP contribution in [0.2, 0.25) is 0 Å². The monoisotopic (exact) mass is 340 g/mol. The number of thiophene rings is 1. The van der Waals surface area contributed by atoms with Gasteiger partial charge in [-0.3, -0.25) is 14.5 Å². The van der Waals surface area contributed by atoms with E-state index in [1.165, 1.54) is 11.3 Å². The number of rotatable bonds is 4. The minimum absolute atomic E-state index is 0.254. The van der Waals surface area contributed by atoms with E-state index >= 15 is 0 Å². The zero-order valence-corrected chi connectivity index (χ0v) is 14.5. The zero-order valence-electron chi connectivity index (χ0n) is 13.7. The van der Waals surface area contributed by atoms with Crippen molar-refractivity contribution in [2.45, 2.75) is 51.4 Å². The number of esters is 1. The minimum Gasteiger partial charge on any atom is -0.480 e. The summed E-state index contributed by atoms with van der Waals surface area (Å²) in [7, 11) is 0. The number of hydrogen-bond donors (Lipinski definition) is 2. The molecule has 0 amide bonds. The molecule has 1 aliphatic heterocycles. The summed E-state index contributed by atoms with van der Waals surface area (Å²) in [6.07, 6.45) is 0.478. The van der Waals surface area contributed by atoms with E-state index in [2.05, 4.69) is 0 Å². The quantitative estimate of drug-likeness (QED) is 0.816. The van der Waals surface area contributed by atoms with Gasteiger partial charge in [0.15, 0.2) is 0 Å². The summed E-state index contributed by atoms with van der Waals surface area (Å²) < 4.78 is 5.41. The fourth-order valence-electron chi connectivity index (χ4n) is 2.81. The number of piperidine rings is 1. The molecule has 0 saturated carbocycles. The summed E-state index contributed by atoms with van der Waals surface area (Å²) in [6, 6.07) is 2.87. The summed E-state index contributed by atoms with van der Waals surface area (Å²) in [5.41, 5.74) is 5.65. The average Bonchev–Trinajstić information content (AvgIpc) is 2.92. The van der Waals surface area contributed by atoms with Crippen molar-refractivity contribution in [3.05, 3.63) is 22.4 Å². The van der Waals surface area contributed by atoms with Gasteiger partial charge in [0.2, 0.25) is 0 Å². The number of carbonyl (C=O) groups is 2. The molecule has 128 valence electrons. The third-order valence-electron chi connectivity index (χ3n) is 3.81. The molecule has 0 spiro atoms. The number of carbonyl (C=O) groups excluding carboxylic acids is 1. The number of hydrogen-bond acceptors (Lipinski definition) is 6. The van der Waals surface area contributed by atoms with Gasteiger partial charge in [0.25, 0.3) is 0 Å². The molecule has 23 heavy (non-hydrogen) atoms. The molecule has 3 N–H and O–H groups in total. The first kappa shape index (κ1) is 17.9. The van der Waals surface area contributed by atoms with Crippen LogP contribution in [0.25, 0.3) is 0 Å². The summed E-state index contributed by atoms with van der Waals surface area (Å²) in [4.78, 5) is 26.4. The van der Waals surface area contributed by atoms with Crippen molar-refractivity contribution in [2.75, 3.05) is 6.54 Å². The highest BCUT2D eigenvalue weighted by Crippen LogP contribution is 2.32. The molecule has 1 aliphatic rings. The number of nitrogens with zero attached hydrogens (tertiary/aromatic N) is 1. The van der Waals surface area contributed by atoms with Gasteiger partial charge < -0.3 is 15.6 Å². The van der Waals surface area contributed by atoms with Crippen LogP contribution in [0.15, 0.2) is 17.5 Å². The van der Waals surface area contributed by atoms with Crippen LogP contribution in [0.4, 0.5) is 0 Å². The van der Waals surface area contributed by atoms with Gasteiger partial charge in [-0.1, -0.05) is 6.07 Å². The molecular formula is C16H24N2O4S. The molecular weight excluding hydrogens is 316 g/mol. The molecule has 0 bridgehead atoms. The van der Waals surface area contributed by atoms with Crippen molar-refractivity contribution >= 4 is 23.3 Å². The van der Waals surface area contributed by atoms with Crippen LogP contribution in [-0.4, -0.2) is 40.3 Å². The van der Waals surface area contributed by atoms with Crippen LogP contribution in [0.3, 0.4) is 0 Å². The predicted molar refractivity (Wildman–Crippen MR) is 87.9 cm³/mol. The van der Waals surface area contributed by atoms with E-state index in [1.54, 1.807) is 11.0 Å². The summed E-state index contributed by atoms with van der Waals surface area (Å²) >= 11 is 1.40. The fourth-order valence-corrected chi connectivity index (χ4v) is 3.65. The van der Waals surface area contributed by atoms with Crippen molar-refractivity contribution in [2.24, 2.45) is 11.7 Å². The largest absolute Gasteiger partial charge is 0.480 e. The Bertz CT molecular complexity index is 553.